The van der Waals surface area contributed by atoms with Crippen LogP contribution < -0.4 is 11.1 Å². The van der Waals surface area contributed by atoms with Gasteiger partial charge in [0.2, 0.25) is 0 Å². The summed E-state index contributed by atoms with van der Waals surface area (Å²) in [6.45, 7) is 1.65. The summed E-state index contributed by atoms with van der Waals surface area (Å²) in [7, 11) is 0. The van der Waals surface area contributed by atoms with Crippen molar-refractivity contribution in [2.45, 2.75) is 6.92 Å². The lowest BCUT2D eigenvalue weighted by molar-refractivity contribution is 0.102. The van der Waals surface area contributed by atoms with Gasteiger partial charge in [0.05, 0.1) is 5.56 Å². The third-order valence-electron chi connectivity index (χ3n) is 1.88. The van der Waals surface area contributed by atoms with E-state index in [4.69, 9.17) is 10.3 Å². The van der Waals surface area contributed by atoms with Crippen LogP contribution in [0.3, 0.4) is 0 Å². The summed E-state index contributed by atoms with van der Waals surface area (Å²) in [5.41, 5.74) is 5.82. The van der Waals surface area contributed by atoms with E-state index in [1.54, 1.807) is 13.0 Å². The molecule has 0 aliphatic rings. The minimum atomic E-state index is -0.458. The number of carbonyl (C=O) groups excluding carboxylic acids is 1. The molecule has 3 N–H and O–H groups in total. The third-order valence-corrected chi connectivity index (χ3v) is 2.31. The van der Waals surface area contributed by atoms with Gasteiger partial charge >= 0.3 is 6.01 Å². The fourth-order valence-corrected chi connectivity index (χ4v) is 1.48. The van der Waals surface area contributed by atoms with Crippen LogP contribution in [0, 0.1) is 6.92 Å². The number of aryl methyl sites for hydroxylation is 1. The molecule has 0 fully saturated rings. The molecule has 0 saturated carbocycles. The molecule has 0 saturated heterocycles. The van der Waals surface area contributed by atoms with E-state index >= 15 is 0 Å². The van der Waals surface area contributed by atoms with Crippen LogP contribution in [0.25, 0.3) is 0 Å². The van der Waals surface area contributed by atoms with Crippen molar-refractivity contribution in [3.63, 3.8) is 0 Å². The Labute approximate surface area is 105 Å². The van der Waals surface area contributed by atoms with Crippen molar-refractivity contribution < 1.29 is 9.32 Å². The normalized spacial score (nSPS) is 10.2. The zero-order valence-corrected chi connectivity index (χ0v) is 10.4. The molecule has 88 valence electrons. The van der Waals surface area contributed by atoms with E-state index < -0.39 is 5.91 Å². The summed E-state index contributed by atoms with van der Waals surface area (Å²) in [5.74, 6) is 0.0996. The van der Waals surface area contributed by atoms with Gasteiger partial charge in [-0.2, -0.15) is 4.98 Å². The molecular weight excluding hydrogens is 290 g/mol. The van der Waals surface area contributed by atoms with Crippen LogP contribution in [0.1, 0.15) is 16.2 Å². The Morgan fingerprint density at radius 1 is 1.59 bits per heavy atom. The van der Waals surface area contributed by atoms with Crippen LogP contribution in [-0.4, -0.2) is 21.0 Å². The van der Waals surface area contributed by atoms with Gasteiger partial charge in [0, 0.05) is 10.7 Å². The summed E-state index contributed by atoms with van der Waals surface area (Å²) in [6.07, 6.45) is 1.50. The second-order valence-electron chi connectivity index (χ2n) is 3.19. The molecule has 0 aliphatic carbocycles. The molecule has 0 radical (unpaired) electrons. The number of hydrogen-bond donors (Lipinski definition) is 2. The van der Waals surface area contributed by atoms with Gasteiger partial charge in [-0.25, -0.2) is 4.98 Å². The molecule has 0 aromatic carbocycles. The first-order valence-electron chi connectivity index (χ1n) is 4.59. The fraction of sp³-hybridized carbons (Fsp3) is 0.111. The first-order valence-corrected chi connectivity index (χ1v) is 5.38. The molecule has 17 heavy (non-hydrogen) atoms. The highest BCUT2D eigenvalue weighted by Crippen LogP contribution is 2.16. The quantitative estimate of drug-likeness (QED) is 0.867. The highest BCUT2D eigenvalue weighted by atomic mass is 79.9. The Morgan fingerprint density at radius 2 is 2.35 bits per heavy atom. The van der Waals surface area contributed by atoms with E-state index in [-0.39, 0.29) is 17.4 Å². The lowest BCUT2D eigenvalue weighted by Crippen LogP contribution is -2.15. The second-order valence-corrected chi connectivity index (χ2v) is 4.10. The number of pyridine rings is 1. The highest BCUT2D eigenvalue weighted by Gasteiger charge is 2.14. The molecule has 2 rings (SSSR count). The fourth-order valence-electron chi connectivity index (χ4n) is 1.14. The SMILES string of the molecule is Cc1noc(NC(=O)c2cc(Br)cnc2N)n1. The minimum Gasteiger partial charge on any atom is -0.383 e. The maximum absolute atomic E-state index is 11.8. The molecule has 2 heterocycles. The van der Waals surface area contributed by atoms with E-state index in [1.807, 2.05) is 0 Å². The summed E-state index contributed by atoms with van der Waals surface area (Å²) in [5, 5.41) is 5.97. The number of hydrogen-bond acceptors (Lipinski definition) is 6. The van der Waals surface area contributed by atoms with Crippen molar-refractivity contribution in [2.24, 2.45) is 0 Å². The Balaban J connectivity index is 2.22. The average molecular weight is 298 g/mol. The maximum Gasteiger partial charge on any atom is 0.328 e. The van der Waals surface area contributed by atoms with Gasteiger partial charge in [-0.3, -0.25) is 10.1 Å². The molecule has 8 heteroatoms. The predicted octanol–water partition coefficient (Wildman–Crippen LogP) is 1.37. The van der Waals surface area contributed by atoms with Crippen LogP contribution in [0.2, 0.25) is 0 Å². The number of nitrogens with zero attached hydrogens (tertiary/aromatic N) is 3. The summed E-state index contributed by atoms with van der Waals surface area (Å²) < 4.78 is 5.41. The third kappa shape index (κ3) is 2.59. The molecule has 0 bridgehead atoms. The van der Waals surface area contributed by atoms with Gasteiger partial charge in [0.15, 0.2) is 5.82 Å². The predicted molar refractivity (Wildman–Crippen MR) is 63.3 cm³/mol. The molecule has 1 amide bonds. The Hall–Kier alpha value is -1.96. The average Bonchev–Trinajstić information content (AvgIpc) is 2.67. The molecule has 0 aliphatic heterocycles. The molecule has 0 atom stereocenters. The molecule has 7 nitrogen and oxygen atoms in total. The molecular formula is C9H8BrN5O2. The summed E-state index contributed by atoms with van der Waals surface area (Å²) in [4.78, 5) is 19.5. The van der Waals surface area contributed by atoms with E-state index in [9.17, 15) is 4.79 Å². The zero-order valence-electron chi connectivity index (χ0n) is 8.77. The number of nitrogens with two attached hydrogens (primary N) is 1. The van der Waals surface area contributed by atoms with E-state index in [0.29, 0.717) is 10.3 Å². The van der Waals surface area contributed by atoms with Crippen molar-refractivity contribution >= 4 is 33.7 Å². The van der Waals surface area contributed by atoms with Crippen LogP contribution in [0.4, 0.5) is 11.8 Å². The van der Waals surface area contributed by atoms with Crippen LogP contribution in [0.5, 0.6) is 0 Å². The summed E-state index contributed by atoms with van der Waals surface area (Å²) in [6, 6.07) is 1.58. The van der Waals surface area contributed by atoms with Crippen molar-refractivity contribution in [3.8, 4) is 0 Å². The molecule has 2 aromatic rings. The first kappa shape index (κ1) is 11.5. The molecule has 0 spiro atoms. The number of rotatable bonds is 2. The molecule has 2 aromatic heterocycles. The number of carbonyl (C=O) groups is 1. The van der Waals surface area contributed by atoms with Gasteiger partial charge in [-0.05, 0) is 28.9 Å². The van der Waals surface area contributed by atoms with Crippen molar-refractivity contribution in [1.29, 1.82) is 0 Å². The Bertz CT molecular complexity index is 568. The summed E-state index contributed by atoms with van der Waals surface area (Å²) >= 11 is 3.20. The van der Waals surface area contributed by atoms with Crippen molar-refractivity contribution in [3.05, 3.63) is 28.1 Å². The van der Waals surface area contributed by atoms with Crippen molar-refractivity contribution in [2.75, 3.05) is 11.1 Å². The van der Waals surface area contributed by atoms with E-state index in [0.717, 1.165) is 0 Å². The second kappa shape index (κ2) is 4.50. The Kier molecular flexibility index (Phi) is 3.05. The maximum atomic E-state index is 11.8. The van der Waals surface area contributed by atoms with Gasteiger partial charge in [0.25, 0.3) is 5.91 Å². The number of anilines is 2. The molecule has 0 unspecified atom stereocenters. The lowest BCUT2D eigenvalue weighted by atomic mass is 10.2. The van der Waals surface area contributed by atoms with Gasteiger partial charge in [0.1, 0.15) is 5.82 Å². The van der Waals surface area contributed by atoms with Crippen LogP contribution in [0.15, 0.2) is 21.3 Å². The number of amides is 1. The number of halogens is 1. The number of aromatic nitrogens is 3. The van der Waals surface area contributed by atoms with Gasteiger partial charge in [-0.1, -0.05) is 5.16 Å². The van der Waals surface area contributed by atoms with Crippen LogP contribution >= 0.6 is 15.9 Å². The lowest BCUT2D eigenvalue weighted by Gasteiger charge is -2.03. The first-order chi connectivity index (χ1) is 8.06. The van der Waals surface area contributed by atoms with Gasteiger partial charge in [-0.15, -0.1) is 0 Å². The largest absolute Gasteiger partial charge is 0.383 e. The topological polar surface area (TPSA) is 107 Å². The zero-order chi connectivity index (χ0) is 12.4. The standard InChI is InChI=1S/C9H8BrN5O2/c1-4-13-9(17-15-4)14-8(16)6-2-5(10)3-12-7(6)11/h2-3H,1H3,(H2,11,12)(H,13,14,15,16). The highest BCUT2D eigenvalue weighted by molar-refractivity contribution is 9.10. The number of nitrogens with one attached hydrogen (secondary N) is 1. The number of nitrogen functional groups attached to an aromatic ring is 1. The van der Waals surface area contributed by atoms with Crippen LogP contribution in [-0.2, 0) is 0 Å². The van der Waals surface area contributed by atoms with Gasteiger partial charge < -0.3 is 10.3 Å². The smallest absolute Gasteiger partial charge is 0.328 e. The van der Waals surface area contributed by atoms with E-state index in [2.05, 4.69) is 36.4 Å². The minimum absolute atomic E-state index is 0.0203. The van der Waals surface area contributed by atoms with E-state index in [1.165, 1.54) is 6.20 Å². The van der Waals surface area contributed by atoms with Crippen molar-refractivity contribution in [1.82, 2.24) is 15.1 Å². The monoisotopic (exact) mass is 297 g/mol. The Morgan fingerprint density at radius 3 is 3.00 bits per heavy atom.